The van der Waals surface area contributed by atoms with Gasteiger partial charge in [0, 0.05) is 39.2 Å². The molecule has 2 aliphatic heterocycles. The molecule has 1 aromatic heterocycles. The zero-order valence-corrected chi connectivity index (χ0v) is 17.0. The topological polar surface area (TPSA) is 87.7 Å². The number of ether oxygens (including phenoxy) is 1. The molecule has 1 aromatic rings. The minimum absolute atomic E-state index is 0.0365. The molecule has 1 N–H and O–H groups in total. The van der Waals surface area contributed by atoms with Crippen LogP contribution in [0.2, 0.25) is 0 Å². The zero-order valence-electron chi connectivity index (χ0n) is 16.1. The van der Waals surface area contributed by atoms with Crippen molar-refractivity contribution in [2.24, 2.45) is 5.92 Å². The SMILES string of the molecule is CC(C)OCCCNC(=O)[C@@H]1CCCN(c2nnc(N3CCCC3=O)s2)C1. The van der Waals surface area contributed by atoms with Crippen molar-refractivity contribution in [2.45, 2.75) is 52.1 Å². The van der Waals surface area contributed by atoms with Crippen LogP contribution < -0.4 is 15.1 Å². The third-order valence-electron chi connectivity index (χ3n) is 4.84. The molecule has 8 nitrogen and oxygen atoms in total. The molecule has 27 heavy (non-hydrogen) atoms. The van der Waals surface area contributed by atoms with Gasteiger partial charge in [-0.1, -0.05) is 11.3 Å². The number of piperidine rings is 1. The Labute approximate surface area is 164 Å². The summed E-state index contributed by atoms with van der Waals surface area (Å²) >= 11 is 1.44. The molecule has 0 aromatic carbocycles. The molecule has 0 aliphatic carbocycles. The molecule has 0 radical (unpaired) electrons. The van der Waals surface area contributed by atoms with Crippen LogP contribution in [0.25, 0.3) is 0 Å². The first-order valence-electron chi connectivity index (χ1n) is 9.82. The number of carbonyl (C=O) groups excluding carboxylic acids is 2. The van der Waals surface area contributed by atoms with Gasteiger partial charge in [0.1, 0.15) is 0 Å². The second kappa shape index (κ2) is 9.45. The van der Waals surface area contributed by atoms with E-state index in [9.17, 15) is 9.59 Å². The van der Waals surface area contributed by atoms with Crippen molar-refractivity contribution in [2.75, 3.05) is 42.6 Å². The average molecular weight is 396 g/mol. The molecule has 2 amide bonds. The molecular weight excluding hydrogens is 366 g/mol. The van der Waals surface area contributed by atoms with E-state index in [0.717, 1.165) is 43.9 Å². The highest BCUT2D eigenvalue weighted by Crippen LogP contribution is 2.32. The Morgan fingerprint density at radius 2 is 2.11 bits per heavy atom. The summed E-state index contributed by atoms with van der Waals surface area (Å²) in [6, 6.07) is 0. The fourth-order valence-corrected chi connectivity index (χ4v) is 4.33. The maximum Gasteiger partial charge on any atom is 0.228 e. The number of aromatic nitrogens is 2. The summed E-state index contributed by atoms with van der Waals surface area (Å²) in [5.41, 5.74) is 0. The fraction of sp³-hybridized carbons (Fsp3) is 0.778. The van der Waals surface area contributed by atoms with E-state index in [-0.39, 0.29) is 23.8 Å². The lowest BCUT2D eigenvalue weighted by Crippen LogP contribution is -2.43. The van der Waals surface area contributed by atoms with Crippen LogP contribution in [0, 0.1) is 5.92 Å². The van der Waals surface area contributed by atoms with Crippen molar-refractivity contribution < 1.29 is 14.3 Å². The van der Waals surface area contributed by atoms with Gasteiger partial charge in [0.05, 0.1) is 12.0 Å². The maximum atomic E-state index is 12.5. The molecule has 1 atom stereocenters. The molecular formula is C18H29N5O3S. The summed E-state index contributed by atoms with van der Waals surface area (Å²) in [5, 5.41) is 13.0. The largest absolute Gasteiger partial charge is 0.379 e. The van der Waals surface area contributed by atoms with Crippen molar-refractivity contribution in [3.05, 3.63) is 0 Å². The van der Waals surface area contributed by atoms with Gasteiger partial charge in [0.25, 0.3) is 0 Å². The van der Waals surface area contributed by atoms with Gasteiger partial charge in [0.2, 0.25) is 22.1 Å². The van der Waals surface area contributed by atoms with Crippen LogP contribution in [-0.4, -0.2) is 60.9 Å². The van der Waals surface area contributed by atoms with Gasteiger partial charge in [-0.2, -0.15) is 0 Å². The van der Waals surface area contributed by atoms with E-state index >= 15 is 0 Å². The number of rotatable bonds is 8. The van der Waals surface area contributed by atoms with Crippen LogP contribution in [0.15, 0.2) is 0 Å². The standard InChI is InChI=1S/C18H29N5O3S/c1-13(2)26-11-5-8-19-16(25)14-6-3-9-22(12-14)17-20-21-18(27-17)23-10-4-7-15(23)24/h13-14H,3-12H2,1-2H3,(H,19,25)/t14-/m1/s1. The van der Waals surface area contributed by atoms with Crippen LogP contribution >= 0.6 is 11.3 Å². The Balaban J connectivity index is 1.48. The summed E-state index contributed by atoms with van der Waals surface area (Å²) in [4.78, 5) is 28.2. The van der Waals surface area contributed by atoms with Gasteiger partial charge in [-0.25, -0.2) is 0 Å². The van der Waals surface area contributed by atoms with Gasteiger partial charge < -0.3 is 15.0 Å². The molecule has 0 saturated carbocycles. The Morgan fingerprint density at radius 1 is 1.30 bits per heavy atom. The minimum atomic E-state index is -0.0365. The normalized spacial score (nSPS) is 20.6. The zero-order chi connectivity index (χ0) is 19.2. The lowest BCUT2D eigenvalue weighted by molar-refractivity contribution is -0.125. The molecule has 2 saturated heterocycles. The molecule has 0 unspecified atom stereocenters. The number of amides is 2. The van der Waals surface area contributed by atoms with E-state index in [1.165, 1.54) is 11.3 Å². The molecule has 150 valence electrons. The van der Waals surface area contributed by atoms with E-state index in [4.69, 9.17) is 4.74 Å². The van der Waals surface area contributed by atoms with Crippen LogP contribution in [0.4, 0.5) is 10.3 Å². The first kappa shape index (κ1) is 20.0. The molecule has 2 fully saturated rings. The lowest BCUT2D eigenvalue weighted by atomic mass is 9.97. The number of nitrogens with zero attached hydrogens (tertiary/aromatic N) is 4. The predicted octanol–water partition coefficient (Wildman–Crippen LogP) is 1.81. The van der Waals surface area contributed by atoms with Gasteiger partial charge in [-0.3, -0.25) is 14.5 Å². The second-order valence-corrected chi connectivity index (χ2v) is 8.30. The van der Waals surface area contributed by atoms with Crippen LogP contribution in [-0.2, 0) is 14.3 Å². The van der Waals surface area contributed by atoms with E-state index in [2.05, 4.69) is 20.4 Å². The van der Waals surface area contributed by atoms with Crippen molar-refractivity contribution in [3.8, 4) is 0 Å². The summed E-state index contributed by atoms with van der Waals surface area (Å²) in [7, 11) is 0. The van der Waals surface area contributed by atoms with Gasteiger partial charge in [-0.15, -0.1) is 10.2 Å². The molecule has 3 rings (SSSR count). The fourth-order valence-electron chi connectivity index (χ4n) is 3.41. The molecule has 0 spiro atoms. The first-order valence-corrected chi connectivity index (χ1v) is 10.6. The number of anilines is 2. The molecule has 9 heteroatoms. The predicted molar refractivity (Wildman–Crippen MR) is 105 cm³/mol. The van der Waals surface area contributed by atoms with Crippen molar-refractivity contribution in [3.63, 3.8) is 0 Å². The van der Waals surface area contributed by atoms with Crippen LogP contribution in [0.1, 0.15) is 46.0 Å². The van der Waals surface area contributed by atoms with E-state index in [1.807, 2.05) is 13.8 Å². The Kier molecular flexibility index (Phi) is 7.01. The summed E-state index contributed by atoms with van der Waals surface area (Å²) in [6.07, 6.45) is 4.35. The van der Waals surface area contributed by atoms with Crippen LogP contribution in [0.3, 0.4) is 0 Å². The molecule has 3 heterocycles. The smallest absolute Gasteiger partial charge is 0.228 e. The molecule has 2 aliphatic rings. The van der Waals surface area contributed by atoms with E-state index < -0.39 is 0 Å². The number of hydrogen-bond acceptors (Lipinski definition) is 7. The highest BCUT2D eigenvalue weighted by Gasteiger charge is 2.29. The summed E-state index contributed by atoms with van der Waals surface area (Å²) in [6.45, 7) is 7.56. The van der Waals surface area contributed by atoms with Gasteiger partial charge >= 0.3 is 0 Å². The van der Waals surface area contributed by atoms with Crippen LogP contribution in [0.5, 0.6) is 0 Å². The van der Waals surface area contributed by atoms with Gasteiger partial charge in [0.15, 0.2) is 0 Å². The third-order valence-corrected chi connectivity index (χ3v) is 5.85. The highest BCUT2D eigenvalue weighted by atomic mass is 32.1. The number of nitrogens with one attached hydrogen (secondary N) is 1. The first-order chi connectivity index (χ1) is 13.0. The lowest BCUT2D eigenvalue weighted by Gasteiger charge is -2.31. The number of hydrogen-bond donors (Lipinski definition) is 1. The summed E-state index contributed by atoms with van der Waals surface area (Å²) in [5.74, 6) is 0.185. The second-order valence-electron chi connectivity index (χ2n) is 7.37. The average Bonchev–Trinajstić information content (AvgIpc) is 3.30. The quantitative estimate of drug-likeness (QED) is 0.676. The highest BCUT2D eigenvalue weighted by molar-refractivity contribution is 7.19. The summed E-state index contributed by atoms with van der Waals surface area (Å²) < 4.78 is 5.49. The van der Waals surface area contributed by atoms with Crippen molar-refractivity contribution >= 4 is 33.4 Å². The molecule has 0 bridgehead atoms. The van der Waals surface area contributed by atoms with E-state index in [0.29, 0.717) is 31.2 Å². The van der Waals surface area contributed by atoms with Crippen molar-refractivity contribution in [1.29, 1.82) is 0 Å². The maximum absolute atomic E-state index is 12.5. The number of carbonyl (C=O) groups is 2. The minimum Gasteiger partial charge on any atom is -0.379 e. The third kappa shape index (κ3) is 5.38. The van der Waals surface area contributed by atoms with E-state index in [1.54, 1.807) is 4.90 Å². The monoisotopic (exact) mass is 395 g/mol. The van der Waals surface area contributed by atoms with Gasteiger partial charge in [-0.05, 0) is 39.5 Å². The Morgan fingerprint density at radius 3 is 2.85 bits per heavy atom. The Hall–Kier alpha value is -1.74. The van der Waals surface area contributed by atoms with Crippen molar-refractivity contribution in [1.82, 2.24) is 15.5 Å². The Bertz CT molecular complexity index is 651.